The van der Waals surface area contributed by atoms with E-state index in [9.17, 15) is 27.1 Å². The highest BCUT2D eigenvalue weighted by Crippen LogP contribution is 2.58. The second kappa shape index (κ2) is 10.9. The lowest BCUT2D eigenvalue weighted by Gasteiger charge is -2.57. The van der Waals surface area contributed by atoms with Gasteiger partial charge < -0.3 is 14.7 Å². The van der Waals surface area contributed by atoms with E-state index in [4.69, 9.17) is 4.74 Å². The largest absolute Gasteiger partial charge is 0.478 e. The van der Waals surface area contributed by atoms with Crippen LogP contribution in [0.3, 0.4) is 0 Å². The van der Waals surface area contributed by atoms with Gasteiger partial charge in [-0.25, -0.2) is 22.0 Å². The van der Waals surface area contributed by atoms with Crippen LogP contribution in [0.4, 0.5) is 14.5 Å². The van der Waals surface area contributed by atoms with Gasteiger partial charge in [0.15, 0.2) is 11.6 Å². The normalized spacial score (nSPS) is 21.2. The van der Waals surface area contributed by atoms with Crippen LogP contribution in [0.2, 0.25) is 0 Å². The number of hydrogen-bond donors (Lipinski definition) is 1. The lowest BCUT2D eigenvalue weighted by atomic mass is 9.53. The Labute approximate surface area is 251 Å². The van der Waals surface area contributed by atoms with Gasteiger partial charge in [-0.3, -0.25) is 0 Å². The maximum atomic E-state index is 14.8. The summed E-state index contributed by atoms with van der Waals surface area (Å²) in [7, 11) is -2.41. The lowest BCUT2D eigenvalue weighted by molar-refractivity contribution is 0.00764. The summed E-state index contributed by atoms with van der Waals surface area (Å²) < 4.78 is 65.3. The van der Waals surface area contributed by atoms with E-state index in [0.29, 0.717) is 24.1 Å². The molecule has 43 heavy (non-hydrogen) atoms. The number of para-hydroxylation sites is 1. The third-order valence-corrected chi connectivity index (χ3v) is 11.4. The van der Waals surface area contributed by atoms with Crippen molar-refractivity contribution in [3.8, 4) is 22.6 Å². The zero-order valence-electron chi connectivity index (χ0n) is 24.5. The molecule has 1 spiro atoms. The highest BCUT2D eigenvalue weighted by atomic mass is 32.2. The van der Waals surface area contributed by atoms with Crippen LogP contribution < -0.4 is 9.64 Å². The summed E-state index contributed by atoms with van der Waals surface area (Å²) in [5.74, 6) is -2.66. The van der Waals surface area contributed by atoms with Crippen molar-refractivity contribution >= 4 is 21.7 Å². The predicted molar refractivity (Wildman–Crippen MR) is 160 cm³/mol. The van der Waals surface area contributed by atoms with E-state index >= 15 is 0 Å². The van der Waals surface area contributed by atoms with E-state index in [1.165, 1.54) is 53.9 Å². The monoisotopic (exact) mass is 610 g/mol. The minimum Gasteiger partial charge on any atom is -0.478 e. The highest BCUT2D eigenvalue weighted by Gasteiger charge is 2.52. The van der Waals surface area contributed by atoms with Gasteiger partial charge in [-0.15, -0.1) is 0 Å². The molecule has 3 aromatic carbocycles. The summed E-state index contributed by atoms with van der Waals surface area (Å²) >= 11 is 0. The molecule has 0 aromatic heterocycles. The molecule has 2 saturated carbocycles. The van der Waals surface area contributed by atoms with Crippen molar-refractivity contribution in [2.75, 3.05) is 18.5 Å². The molecule has 10 heteroatoms. The molecule has 0 radical (unpaired) electrons. The van der Waals surface area contributed by atoms with Gasteiger partial charge in [0.25, 0.3) is 0 Å². The molecule has 0 amide bonds. The predicted octanol–water partition coefficient (Wildman–Crippen LogP) is 7.31. The van der Waals surface area contributed by atoms with E-state index in [2.05, 4.69) is 18.7 Å². The number of ether oxygens (including phenoxy) is 1. The van der Waals surface area contributed by atoms with Gasteiger partial charge in [0.1, 0.15) is 16.5 Å². The van der Waals surface area contributed by atoms with Gasteiger partial charge in [-0.05, 0) is 79.3 Å². The Kier molecular flexibility index (Phi) is 7.49. The summed E-state index contributed by atoms with van der Waals surface area (Å²) in [5, 5.41) is 9.59. The van der Waals surface area contributed by atoms with Crippen molar-refractivity contribution in [3.05, 3.63) is 71.8 Å². The number of carbonyl (C=O) groups is 1. The first-order valence-corrected chi connectivity index (χ1v) is 16.2. The van der Waals surface area contributed by atoms with E-state index in [-0.39, 0.29) is 45.5 Å². The Bertz CT molecular complexity index is 1680. The standard InChI is InChI=1S/C33H36F2N2O5S/c1-20(2)13-22-19-37(23-17-33(18-23)11-6-12-33)28-16-30(42-29-8-5-4-7-27(29)35)24(15-31(28)43(40,41)36(22)3)21-9-10-26(34)25(14-21)32(38)39/h4-5,7-10,14-16,20,22-23H,6,11-13,17-19H2,1-3H3,(H,38,39)/t22-/m1/s1. The summed E-state index contributed by atoms with van der Waals surface area (Å²) in [4.78, 5) is 14.0. The SMILES string of the molecule is CC(C)C[C@@H]1CN(C2CC3(CCC3)C2)c2cc(Oc3ccccc3F)c(-c3ccc(F)c(C(=O)O)c3)cc2S(=O)(=O)N1C. The second-order valence-corrected chi connectivity index (χ2v) is 14.7. The third kappa shape index (κ3) is 5.29. The average Bonchev–Trinajstić information content (AvgIpc) is 2.97. The number of fused-ring (bicyclic) bond motifs is 1. The molecule has 2 fully saturated rings. The van der Waals surface area contributed by atoms with Gasteiger partial charge >= 0.3 is 5.97 Å². The van der Waals surface area contributed by atoms with Crippen molar-refractivity contribution in [1.29, 1.82) is 0 Å². The number of halogens is 2. The minimum absolute atomic E-state index is 0.0629. The maximum absolute atomic E-state index is 14.8. The number of carboxylic acids is 1. The Morgan fingerprint density at radius 1 is 1.05 bits per heavy atom. The Hall–Kier alpha value is -3.50. The first kappa shape index (κ1) is 29.6. The van der Waals surface area contributed by atoms with Crippen LogP contribution in [0.5, 0.6) is 11.5 Å². The van der Waals surface area contributed by atoms with Gasteiger partial charge in [-0.2, -0.15) is 4.31 Å². The van der Waals surface area contributed by atoms with E-state index in [1.54, 1.807) is 19.2 Å². The molecule has 1 heterocycles. The fourth-order valence-electron chi connectivity index (χ4n) is 6.94. The van der Waals surface area contributed by atoms with Crippen molar-refractivity contribution in [2.45, 2.75) is 69.4 Å². The molecule has 1 aliphatic heterocycles. The summed E-state index contributed by atoms with van der Waals surface area (Å²) in [6, 6.07) is 12.4. The Balaban J connectivity index is 1.56. The van der Waals surface area contributed by atoms with Gasteiger partial charge in [0.2, 0.25) is 10.0 Å². The Morgan fingerprint density at radius 3 is 2.40 bits per heavy atom. The van der Waals surface area contributed by atoms with Crippen LogP contribution in [0.15, 0.2) is 59.5 Å². The number of rotatable bonds is 7. The molecule has 3 aliphatic rings. The second-order valence-electron chi connectivity index (χ2n) is 12.7. The topological polar surface area (TPSA) is 87.1 Å². The molecule has 1 atom stereocenters. The number of benzene rings is 3. The highest BCUT2D eigenvalue weighted by molar-refractivity contribution is 7.89. The smallest absolute Gasteiger partial charge is 0.338 e. The van der Waals surface area contributed by atoms with Crippen LogP contribution in [0, 0.1) is 23.0 Å². The number of sulfonamides is 1. The molecular weight excluding hydrogens is 574 g/mol. The van der Waals surface area contributed by atoms with Crippen molar-refractivity contribution in [2.24, 2.45) is 11.3 Å². The van der Waals surface area contributed by atoms with Gasteiger partial charge in [0, 0.05) is 37.3 Å². The molecule has 3 aromatic rings. The molecule has 2 aliphatic carbocycles. The van der Waals surface area contributed by atoms with Crippen LogP contribution in [0.25, 0.3) is 11.1 Å². The molecule has 0 bridgehead atoms. The molecule has 228 valence electrons. The molecule has 7 nitrogen and oxygen atoms in total. The zero-order chi connectivity index (χ0) is 30.7. The molecule has 0 saturated heterocycles. The summed E-state index contributed by atoms with van der Waals surface area (Å²) in [6.45, 7) is 4.64. The van der Waals surface area contributed by atoms with Crippen molar-refractivity contribution < 1.29 is 31.8 Å². The lowest BCUT2D eigenvalue weighted by Crippen LogP contribution is -2.56. The zero-order valence-corrected chi connectivity index (χ0v) is 25.3. The van der Waals surface area contributed by atoms with Crippen molar-refractivity contribution in [1.82, 2.24) is 4.31 Å². The quantitative estimate of drug-likeness (QED) is 0.302. The fraction of sp³-hybridized carbons (Fsp3) is 0.424. The number of anilines is 1. The molecule has 1 N–H and O–H groups in total. The maximum Gasteiger partial charge on any atom is 0.338 e. The first-order valence-electron chi connectivity index (χ1n) is 14.8. The summed E-state index contributed by atoms with van der Waals surface area (Å²) in [6.07, 6.45) is 6.23. The van der Waals surface area contributed by atoms with Crippen LogP contribution >= 0.6 is 0 Å². The van der Waals surface area contributed by atoms with E-state index in [0.717, 1.165) is 25.0 Å². The number of likely N-dealkylation sites (N-methyl/N-ethyl adjacent to an activating group) is 1. The summed E-state index contributed by atoms with van der Waals surface area (Å²) in [5.41, 5.74) is 0.699. The van der Waals surface area contributed by atoms with E-state index in [1.807, 2.05) is 0 Å². The van der Waals surface area contributed by atoms with Crippen LogP contribution in [0.1, 0.15) is 62.7 Å². The van der Waals surface area contributed by atoms with Crippen LogP contribution in [-0.4, -0.2) is 49.5 Å². The van der Waals surface area contributed by atoms with Crippen LogP contribution in [-0.2, 0) is 10.0 Å². The minimum atomic E-state index is -4.01. The first-order chi connectivity index (χ1) is 20.4. The molecular formula is C33H36F2N2O5S. The molecule has 6 rings (SSSR count). The molecule has 0 unspecified atom stereocenters. The number of aromatic carboxylic acids is 1. The number of nitrogens with zero attached hydrogens (tertiary/aromatic N) is 2. The fourth-order valence-corrected chi connectivity index (χ4v) is 8.51. The van der Waals surface area contributed by atoms with Gasteiger partial charge in [0.05, 0.1) is 11.3 Å². The Morgan fingerprint density at radius 2 is 1.77 bits per heavy atom. The van der Waals surface area contributed by atoms with Crippen molar-refractivity contribution in [3.63, 3.8) is 0 Å². The third-order valence-electron chi connectivity index (χ3n) is 9.45. The van der Waals surface area contributed by atoms with E-state index < -0.39 is 33.2 Å². The average molecular weight is 611 g/mol. The number of hydrogen-bond acceptors (Lipinski definition) is 5. The van der Waals surface area contributed by atoms with Gasteiger partial charge in [-0.1, -0.05) is 38.5 Å². The number of carboxylic acid groups (broad SMARTS) is 1.